The minimum absolute atomic E-state index is 0.978. The molecule has 0 atom stereocenters. The average Bonchev–Trinajstić information content (AvgIpc) is 1.87. The molecule has 0 saturated carbocycles. The van der Waals surface area contributed by atoms with Crippen molar-refractivity contribution in [3.8, 4) is 0 Å². The Morgan fingerprint density at radius 2 is 1.90 bits per heavy atom. The molecule has 0 aliphatic carbocycles. The summed E-state index contributed by atoms with van der Waals surface area (Å²) >= 11 is 0. The van der Waals surface area contributed by atoms with E-state index in [1.54, 1.807) is 0 Å². The monoisotopic (exact) mass is 143 g/mol. The van der Waals surface area contributed by atoms with E-state index in [1.165, 1.54) is 0 Å². The molecule has 0 aliphatic rings. The molecule has 3 nitrogen and oxygen atoms in total. The van der Waals surface area contributed by atoms with Crippen LogP contribution in [0.4, 0.5) is 0 Å². The maximum atomic E-state index is 2.97. The molecule has 0 aromatic rings. The zero-order valence-corrected chi connectivity index (χ0v) is 7.26. The summed E-state index contributed by atoms with van der Waals surface area (Å²) in [5.41, 5.74) is 2.97. The fourth-order valence-electron chi connectivity index (χ4n) is 0.491. The number of rotatable bonds is 4. The highest BCUT2D eigenvalue weighted by molar-refractivity contribution is 4.80. The van der Waals surface area contributed by atoms with Crippen LogP contribution >= 0.6 is 0 Å². The molecular formula is C7H17N3. The number of hydrogen-bond donors (Lipinski definition) is 1. The smallest absolute Gasteiger partial charge is 0.0225 e. The van der Waals surface area contributed by atoms with Gasteiger partial charge in [-0.25, -0.2) is 5.43 Å². The van der Waals surface area contributed by atoms with Crippen LogP contribution in [-0.2, 0) is 0 Å². The van der Waals surface area contributed by atoms with E-state index in [0.717, 1.165) is 6.54 Å². The van der Waals surface area contributed by atoms with E-state index in [2.05, 4.69) is 16.4 Å². The molecule has 0 amide bonds. The Bertz CT molecular complexity index is 99.0. The third-order valence-electron chi connectivity index (χ3n) is 1.15. The van der Waals surface area contributed by atoms with Crippen molar-refractivity contribution in [1.29, 1.82) is 0 Å². The van der Waals surface area contributed by atoms with Crippen molar-refractivity contribution in [3.05, 3.63) is 12.3 Å². The van der Waals surface area contributed by atoms with Crippen molar-refractivity contribution in [1.82, 2.24) is 15.3 Å². The van der Waals surface area contributed by atoms with Gasteiger partial charge >= 0.3 is 0 Å². The lowest BCUT2D eigenvalue weighted by Crippen LogP contribution is -2.25. The highest BCUT2D eigenvalue weighted by Crippen LogP contribution is 1.79. The first kappa shape index (κ1) is 9.46. The standard InChI is InChI=1S/C7H17N3/c1-8-10(4)7-5-6-9(2)3/h5,7-8H,6H2,1-4H3/b7-5+. The van der Waals surface area contributed by atoms with Crippen molar-refractivity contribution in [2.45, 2.75) is 0 Å². The van der Waals surface area contributed by atoms with E-state index in [1.807, 2.05) is 39.4 Å². The molecule has 0 aromatic carbocycles. The minimum atomic E-state index is 0.978. The van der Waals surface area contributed by atoms with Crippen LogP contribution in [0.15, 0.2) is 12.3 Å². The summed E-state index contributed by atoms with van der Waals surface area (Å²) in [6.07, 6.45) is 4.09. The van der Waals surface area contributed by atoms with E-state index in [0.29, 0.717) is 0 Å². The Morgan fingerprint density at radius 3 is 2.30 bits per heavy atom. The number of nitrogens with one attached hydrogen (secondary N) is 1. The zero-order valence-electron chi connectivity index (χ0n) is 7.26. The molecule has 0 aliphatic heterocycles. The van der Waals surface area contributed by atoms with Crippen molar-refractivity contribution >= 4 is 0 Å². The largest absolute Gasteiger partial charge is 0.319 e. The van der Waals surface area contributed by atoms with Crippen molar-refractivity contribution < 1.29 is 0 Å². The molecule has 0 radical (unpaired) electrons. The molecule has 0 fully saturated rings. The fourth-order valence-corrected chi connectivity index (χ4v) is 0.491. The van der Waals surface area contributed by atoms with Crippen LogP contribution < -0.4 is 5.43 Å². The van der Waals surface area contributed by atoms with Crippen LogP contribution in [0.25, 0.3) is 0 Å². The van der Waals surface area contributed by atoms with Gasteiger partial charge in [0, 0.05) is 26.8 Å². The second-order valence-electron chi connectivity index (χ2n) is 2.48. The topological polar surface area (TPSA) is 18.5 Å². The SMILES string of the molecule is CNN(C)/C=C/CN(C)C. The lowest BCUT2D eigenvalue weighted by Gasteiger charge is -2.11. The van der Waals surface area contributed by atoms with Crippen molar-refractivity contribution in [2.24, 2.45) is 0 Å². The van der Waals surface area contributed by atoms with Crippen LogP contribution in [0.2, 0.25) is 0 Å². The molecule has 0 heterocycles. The van der Waals surface area contributed by atoms with Crippen molar-refractivity contribution in [2.75, 3.05) is 34.7 Å². The number of hydrazine groups is 1. The van der Waals surface area contributed by atoms with Crippen LogP contribution in [-0.4, -0.2) is 44.6 Å². The molecule has 0 spiro atoms. The number of likely N-dealkylation sites (N-methyl/N-ethyl adjacent to an activating group) is 1. The average molecular weight is 143 g/mol. The van der Waals surface area contributed by atoms with Gasteiger partial charge in [0.25, 0.3) is 0 Å². The molecule has 1 N–H and O–H groups in total. The van der Waals surface area contributed by atoms with Crippen LogP contribution in [0.3, 0.4) is 0 Å². The van der Waals surface area contributed by atoms with Gasteiger partial charge in [0.05, 0.1) is 0 Å². The molecule has 0 bridgehead atoms. The molecule has 0 rings (SSSR count). The Kier molecular flexibility index (Phi) is 4.98. The highest BCUT2D eigenvalue weighted by atomic mass is 15.5. The molecule has 10 heavy (non-hydrogen) atoms. The van der Waals surface area contributed by atoms with Gasteiger partial charge < -0.3 is 9.91 Å². The van der Waals surface area contributed by atoms with Gasteiger partial charge in [-0.2, -0.15) is 0 Å². The summed E-state index contributed by atoms with van der Waals surface area (Å²) in [5, 5.41) is 1.91. The van der Waals surface area contributed by atoms with Crippen LogP contribution in [0.5, 0.6) is 0 Å². The van der Waals surface area contributed by atoms with E-state index in [9.17, 15) is 0 Å². The summed E-state index contributed by atoms with van der Waals surface area (Å²) in [4.78, 5) is 2.11. The Labute approximate surface area is 63.3 Å². The predicted octanol–water partition coefficient (Wildman–Crippen LogP) is 0.128. The van der Waals surface area contributed by atoms with Gasteiger partial charge in [-0.05, 0) is 14.1 Å². The lowest BCUT2D eigenvalue weighted by molar-refractivity contribution is 0.360. The summed E-state index contributed by atoms with van der Waals surface area (Å²) in [6.45, 7) is 0.978. The van der Waals surface area contributed by atoms with E-state index in [4.69, 9.17) is 0 Å². The fraction of sp³-hybridized carbons (Fsp3) is 0.714. The third-order valence-corrected chi connectivity index (χ3v) is 1.15. The normalized spacial score (nSPS) is 11.3. The summed E-state index contributed by atoms with van der Waals surface area (Å²) < 4.78 is 0. The number of hydrogen-bond acceptors (Lipinski definition) is 3. The molecule has 0 saturated heterocycles. The maximum absolute atomic E-state index is 2.97. The molecule has 3 heteroatoms. The molecule has 0 unspecified atom stereocenters. The van der Waals surface area contributed by atoms with Gasteiger partial charge in [-0.1, -0.05) is 6.08 Å². The Balaban J connectivity index is 3.36. The summed E-state index contributed by atoms with van der Waals surface area (Å²) in [5.74, 6) is 0. The lowest BCUT2D eigenvalue weighted by atomic mass is 10.5. The van der Waals surface area contributed by atoms with Gasteiger partial charge in [0.2, 0.25) is 0 Å². The first-order chi connectivity index (χ1) is 4.66. The predicted molar refractivity (Wildman–Crippen MR) is 44.5 cm³/mol. The van der Waals surface area contributed by atoms with Gasteiger partial charge in [0.1, 0.15) is 0 Å². The molecule has 60 valence electrons. The first-order valence-electron chi connectivity index (χ1n) is 3.38. The third kappa shape index (κ3) is 5.59. The quantitative estimate of drug-likeness (QED) is 0.564. The first-order valence-corrected chi connectivity index (χ1v) is 3.38. The Hall–Kier alpha value is -0.540. The second kappa shape index (κ2) is 5.26. The molecular weight excluding hydrogens is 126 g/mol. The maximum Gasteiger partial charge on any atom is 0.0225 e. The minimum Gasteiger partial charge on any atom is -0.319 e. The van der Waals surface area contributed by atoms with E-state index >= 15 is 0 Å². The van der Waals surface area contributed by atoms with Gasteiger partial charge in [-0.3, -0.25) is 0 Å². The second-order valence-corrected chi connectivity index (χ2v) is 2.48. The van der Waals surface area contributed by atoms with E-state index in [-0.39, 0.29) is 0 Å². The zero-order chi connectivity index (χ0) is 7.98. The highest BCUT2D eigenvalue weighted by Gasteiger charge is 1.83. The van der Waals surface area contributed by atoms with E-state index < -0.39 is 0 Å². The van der Waals surface area contributed by atoms with Crippen LogP contribution in [0.1, 0.15) is 0 Å². The molecule has 0 aromatic heterocycles. The van der Waals surface area contributed by atoms with Crippen molar-refractivity contribution in [3.63, 3.8) is 0 Å². The summed E-state index contributed by atoms with van der Waals surface area (Å²) in [7, 11) is 7.94. The summed E-state index contributed by atoms with van der Waals surface area (Å²) in [6, 6.07) is 0. The van der Waals surface area contributed by atoms with Gasteiger partial charge in [0.15, 0.2) is 0 Å². The Morgan fingerprint density at radius 1 is 1.30 bits per heavy atom. The van der Waals surface area contributed by atoms with Crippen LogP contribution in [0, 0.1) is 0 Å². The van der Waals surface area contributed by atoms with Gasteiger partial charge in [-0.15, -0.1) is 0 Å². The number of nitrogens with zero attached hydrogens (tertiary/aromatic N) is 2.